The predicted molar refractivity (Wildman–Crippen MR) is 127 cm³/mol. The topological polar surface area (TPSA) is 75.7 Å². The maximum absolute atomic E-state index is 13.4. The lowest BCUT2D eigenvalue weighted by molar-refractivity contribution is -0.119. The first-order chi connectivity index (χ1) is 15.3. The Hall–Kier alpha value is -2.74. The lowest BCUT2D eigenvalue weighted by Gasteiger charge is -2.25. The molecule has 9 heteroatoms. The maximum atomic E-state index is 13.4. The number of hydrogen-bond donors (Lipinski definition) is 1. The third-order valence-corrected chi connectivity index (χ3v) is 7.15. The van der Waals surface area contributed by atoms with Gasteiger partial charge in [-0.2, -0.15) is 0 Å². The molecule has 0 spiro atoms. The van der Waals surface area contributed by atoms with Crippen LogP contribution in [-0.4, -0.2) is 27.5 Å². The smallest absolute Gasteiger partial charge is 0.264 e. The van der Waals surface area contributed by atoms with Gasteiger partial charge in [-0.25, -0.2) is 8.42 Å². The SMILES string of the molecule is CCOc1ccccc1CNC(=O)CN(c1cccc(Cl)c1Cl)S(=O)(=O)c1ccccc1. The predicted octanol–water partition coefficient (Wildman–Crippen LogP) is 4.90. The summed E-state index contributed by atoms with van der Waals surface area (Å²) in [6, 6.07) is 19.8. The number of halogens is 2. The minimum Gasteiger partial charge on any atom is -0.494 e. The van der Waals surface area contributed by atoms with E-state index in [1.807, 2.05) is 31.2 Å². The van der Waals surface area contributed by atoms with Crippen molar-refractivity contribution in [1.82, 2.24) is 5.32 Å². The van der Waals surface area contributed by atoms with Crippen molar-refractivity contribution in [3.8, 4) is 5.75 Å². The Bertz CT molecular complexity index is 1190. The number of nitrogens with zero attached hydrogens (tertiary/aromatic N) is 1. The second-order valence-corrected chi connectivity index (χ2v) is 9.36. The molecule has 0 saturated heterocycles. The van der Waals surface area contributed by atoms with Crippen LogP contribution in [0.2, 0.25) is 10.0 Å². The molecule has 0 bridgehead atoms. The van der Waals surface area contributed by atoms with Gasteiger partial charge in [-0.05, 0) is 37.3 Å². The number of nitrogens with one attached hydrogen (secondary N) is 1. The van der Waals surface area contributed by atoms with Crippen LogP contribution in [0.1, 0.15) is 12.5 Å². The molecule has 1 N–H and O–H groups in total. The van der Waals surface area contributed by atoms with Crippen LogP contribution in [0.15, 0.2) is 77.7 Å². The van der Waals surface area contributed by atoms with Gasteiger partial charge in [0.2, 0.25) is 5.91 Å². The number of rotatable bonds is 9. The zero-order valence-corrected chi connectivity index (χ0v) is 19.6. The summed E-state index contributed by atoms with van der Waals surface area (Å²) in [5.74, 6) is 0.147. The summed E-state index contributed by atoms with van der Waals surface area (Å²) in [6.07, 6.45) is 0. The molecule has 0 saturated carbocycles. The van der Waals surface area contributed by atoms with E-state index < -0.39 is 22.5 Å². The molecule has 168 valence electrons. The summed E-state index contributed by atoms with van der Waals surface area (Å²) in [5, 5.41) is 2.98. The molecule has 1 amide bonds. The lowest BCUT2D eigenvalue weighted by atomic mass is 10.2. The molecule has 0 unspecified atom stereocenters. The number of amides is 1. The van der Waals surface area contributed by atoms with E-state index in [4.69, 9.17) is 27.9 Å². The van der Waals surface area contributed by atoms with Gasteiger partial charge < -0.3 is 10.1 Å². The van der Waals surface area contributed by atoms with Crippen LogP contribution in [0.5, 0.6) is 5.75 Å². The van der Waals surface area contributed by atoms with Crippen LogP contribution in [0.4, 0.5) is 5.69 Å². The fraction of sp³-hybridized carbons (Fsp3) is 0.174. The van der Waals surface area contributed by atoms with Gasteiger partial charge in [0.1, 0.15) is 12.3 Å². The van der Waals surface area contributed by atoms with Crippen molar-refractivity contribution in [2.75, 3.05) is 17.5 Å². The fourth-order valence-corrected chi connectivity index (χ4v) is 4.93. The van der Waals surface area contributed by atoms with E-state index in [9.17, 15) is 13.2 Å². The molecular formula is C23H22Cl2N2O4S. The second-order valence-electron chi connectivity index (χ2n) is 6.72. The number of carbonyl (C=O) groups is 1. The molecule has 0 radical (unpaired) electrons. The Morgan fingerprint density at radius 3 is 2.38 bits per heavy atom. The number of hydrogen-bond acceptors (Lipinski definition) is 4. The van der Waals surface area contributed by atoms with Crippen molar-refractivity contribution in [3.05, 3.63) is 88.4 Å². The monoisotopic (exact) mass is 492 g/mol. The van der Waals surface area contributed by atoms with Crippen molar-refractivity contribution < 1.29 is 17.9 Å². The third kappa shape index (κ3) is 5.54. The van der Waals surface area contributed by atoms with Gasteiger partial charge >= 0.3 is 0 Å². The summed E-state index contributed by atoms with van der Waals surface area (Å²) in [5.41, 5.74) is 0.897. The second kappa shape index (κ2) is 10.7. The average Bonchev–Trinajstić information content (AvgIpc) is 2.80. The van der Waals surface area contributed by atoms with Crippen LogP contribution in [0, 0.1) is 0 Å². The Kier molecular flexibility index (Phi) is 8.01. The normalized spacial score (nSPS) is 11.1. The standard InChI is InChI=1S/C23H22Cl2N2O4S/c1-2-31-21-14-7-6-9-17(21)15-26-22(28)16-27(20-13-8-12-19(24)23(20)25)32(29,30)18-10-4-3-5-11-18/h3-14H,2,15-16H2,1H3,(H,26,28). The number of ether oxygens (including phenoxy) is 1. The third-order valence-electron chi connectivity index (χ3n) is 4.57. The Labute approximate surface area is 197 Å². The molecule has 0 aliphatic rings. The summed E-state index contributed by atoms with van der Waals surface area (Å²) >= 11 is 12.4. The molecule has 3 aromatic carbocycles. The number of sulfonamides is 1. The lowest BCUT2D eigenvalue weighted by Crippen LogP contribution is -2.40. The highest BCUT2D eigenvalue weighted by atomic mass is 35.5. The van der Waals surface area contributed by atoms with E-state index in [1.54, 1.807) is 30.3 Å². The highest BCUT2D eigenvalue weighted by Crippen LogP contribution is 2.35. The Morgan fingerprint density at radius 2 is 1.66 bits per heavy atom. The zero-order valence-electron chi connectivity index (χ0n) is 17.3. The zero-order chi connectivity index (χ0) is 23.1. The summed E-state index contributed by atoms with van der Waals surface area (Å²) < 4.78 is 33.3. The quantitative estimate of drug-likeness (QED) is 0.460. The highest BCUT2D eigenvalue weighted by molar-refractivity contribution is 7.92. The van der Waals surface area contributed by atoms with Crippen molar-refractivity contribution in [2.24, 2.45) is 0 Å². The van der Waals surface area contributed by atoms with Crippen molar-refractivity contribution in [2.45, 2.75) is 18.4 Å². The summed E-state index contributed by atoms with van der Waals surface area (Å²) in [6.45, 7) is 2.06. The van der Waals surface area contributed by atoms with Crippen LogP contribution < -0.4 is 14.4 Å². The fourth-order valence-electron chi connectivity index (χ4n) is 3.03. The molecule has 0 aliphatic carbocycles. The summed E-state index contributed by atoms with van der Waals surface area (Å²) in [7, 11) is -4.08. The van der Waals surface area contributed by atoms with Crippen molar-refractivity contribution >= 4 is 44.8 Å². The van der Waals surface area contributed by atoms with Gasteiger partial charge in [-0.1, -0.05) is 65.7 Å². The number of anilines is 1. The van der Waals surface area contributed by atoms with E-state index in [2.05, 4.69) is 5.32 Å². The largest absolute Gasteiger partial charge is 0.494 e. The number of benzene rings is 3. The molecule has 0 aromatic heterocycles. The molecule has 32 heavy (non-hydrogen) atoms. The van der Waals surface area contributed by atoms with E-state index in [1.165, 1.54) is 18.2 Å². The molecule has 3 rings (SSSR count). The maximum Gasteiger partial charge on any atom is 0.264 e. The molecular weight excluding hydrogens is 471 g/mol. The van der Waals surface area contributed by atoms with Gasteiger partial charge in [-0.15, -0.1) is 0 Å². The van der Waals surface area contributed by atoms with Crippen LogP contribution >= 0.6 is 23.2 Å². The molecule has 3 aromatic rings. The molecule has 6 nitrogen and oxygen atoms in total. The van der Waals surface area contributed by atoms with Crippen LogP contribution in [0.3, 0.4) is 0 Å². The van der Waals surface area contributed by atoms with Gasteiger partial charge in [-0.3, -0.25) is 9.10 Å². The van der Waals surface area contributed by atoms with E-state index in [0.717, 1.165) is 9.87 Å². The van der Waals surface area contributed by atoms with Crippen molar-refractivity contribution in [3.63, 3.8) is 0 Å². The molecule has 0 heterocycles. The van der Waals surface area contributed by atoms with Gasteiger partial charge in [0, 0.05) is 12.1 Å². The van der Waals surface area contributed by atoms with Gasteiger partial charge in [0.25, 0.3) is 10.0 Å². The van der Waals surface area contributed by atoms with Crippen molar-refractivity contribution in [1.29, 1.82) is 0 Å². The molecule has 0 atom stereocenters. The first-order valence-corrected chi connectivity index (χ1v) is 12.0. The minimum absolute atomic E-state index is 0.0329. The van der Waals surface area contributed by atoms with Gasteiger partial charge in [0.15, 0.2) is 0 Å². The van der Waals surface area contributed by atoms with Gasteiger partial charge in [0.05, 0.1) is 27.2 Å². The molecule has 0 aliphatic heterocycles. The minimum atomic E-state index is -4.08. The first kappa shape index (κ1) is 23.9. The average molecular weight is 493 g/mol. The molecule has 0 fully saturated rings. The van der Waals surface area contributed by atoms with E-state index >= 15 is 0 Å². The summed E-state index contributed by atoms with van der Waals surface area (Å²) in [4.78, 5) is 12.8. The number of carbonyl (C=O) groups excluding carboxylic acids is 1. The van der Waals surface area contributed by atoms with Crippen LogP contribution in [0.25, 0.3) is 0 Å². The number of para-hydroxylation sites is 1. The van der Waals surface area contributed by atoms with Crippen LogP contribution in [-0.2, 0) is 21.4 Å². The Balaban J connectivity index is 1.88. The van der Waals surface area contributed by atoms with E-state index in [-0.39, 0.29) is 27.2 Å². The Morgan fingerprint density at radius 1 is 0.969 bits per heavy atom. The van der Waals surface area contributed by atoms with E-state index in [0.29, 0.717) is 12.4 Å². The highest BCUT2D eigenvalue weighted by Gasteiger charge is 2.29. The first-order valence-electron chi connectivity index (χ1n) is 9.83.